The number of ether oxygens (including phenoxy) is 1. The monoisotopic (exact) mass is 525 g/mol. The molecule has 2 aromatic carbocycles. The molecule has 0 spiro atoms. The number of nitrogen functional groups attached to an aromatic ring is 1. The maximum Gasteiger partial charge on any atom is 0.243 e. The third kappa shape index (κ3) is 5.18. The number of hydrogen-bond donors (Lipinski definition) is 1. The van der Waals surface area contributed by atoms with Crippen molar-refractivity contribution in [3.05, 3.63) is 60.7 Å². The van der Waals surface area contributed by atoms with E-state index >= 15 is 0 Å². The molecule has 37 heavy (non-hydrogen) atoms. The molecule has 10 heteroatoms. The molecular weight excluding hydrogens is 493 g/mol. The van der Waals surface area contributed by atoms with Crippen molar-refractivity contribution in [2.45, 2.75) is 43.5 Å². The lowest BCUT2D eigenvalue weighted by atomic mass is 9.95. The highest BCUT2D eigenvalue weighted by atomic mass is 32.2. The van der Waals surface area contributed by atoms with Gasteiger partial charge in [0.2, 0.25) is 10.0 Å². The van der Waals surface area contributed by atoms with Crippen molar-refractivity contribution < 1.29 is 17.5 Å². The van der Waals surface area contributed by atoms with Crippen molar-refractivity contribution >= 4 is 37.8 Å². The van der Waals surface area contributed by atoms with Crippen LogP contribution in [0.4, 0.5) is 10.2 Å². The topological polar surface area (TPSA) is 103 Å². The Morgan fingerprint density at radius 1 is 1.16 bits per heavy atom. The minimum atomic E-state index is -3.67. The van der Waals surface area contributed by atoms with E-state index in [1.165, 1.54) is 22.5 Å². The largest absolute Gasteiger partial charge is 0.382 e. The van der Waals surface area contributed by atoms with E-state index in [-0.39, 0.29) is 10.9 Å². The van der Waals surface area contributed by atoms with Gasteiger partial charge in [-0.3, -0.25) is 0 Å². The zero-order valence-electron chi connectivity index (χ0n) is 20.9. The van der Waals surface area contributed by atoms with Gasteiger partial charge in [-0.2, -0.15) is 4.31 Å². The molecule has 1 fully saturated rings. The summed E-state index contributed by atoms with van der Waals surface area (Å²) in [5, 5.41) is 1.02. The summed E-state index contributed by atoms with van der Waals surface area (Å²) >= 11 is 0. The van der Waals surface area contributed by atoms with Gasteiger partial charge in [-0.05, 0) is 55.9 Å². The van der Waals surface area contributed by atoms with E-state index in [9.17, 15) is 12.8 Å². The molecule has 1 atom stereocenters. The number of pyridine rings is 1. The van der Waals surface area contributed by atoms with Gasteiger partial charge in [-0.1, -0.05) is 31.2 Å². The number of imidazole rings is 1. The van der Waals surface area contributed by atoms with E-state index in [0.29, 0.717) is 43.6 Å². The number of sulfonamides is 1. The van der Waals surface area contributed by atoms with Gasteiger partial charge >= 0.3 is 0 Å². The summed E-state index contributed by atoms with van der Waals surface area (Å²) in [6.07, 6.45) is 5.09. The summed E-state index contributed by atoms with van der Waals surface area (Å²) in [4.78, 5) is 9.03. The fourth-order valence-electron chi connectivity index (χ4n) is 5.13. The normalized spacial score (nSPS) is 16.5. The van der Waals surface area contributed by atoms with E-state index < -0.39 is 15.8 Å². The molecule has 0 radical (unpaired) electrons. The molecule has 0 saturated carbocycles. The van der Waals surface area contributed by atoms with Crippen LogP contribution in [0.15, 0.2) is 59.8 Å². The average Bonchev–Trinajstić information content (AvgIpc) is 3.35. The van der Waals surface area contributed by atoms with Crippen LogP contribution in [0.25, 0.3) is 21.9 Å². The SMILES string of the molecule is CCC(COCCC1CCN(S(=O)(=O)c2cccc(F)c2)CC1)n1cnc2c(N)nc3ccccc3c21. The number of fused-ring (bicyclic) bond motifs is 3. The summed E-state index contributed by atoms with van der Waals surface area (Å²) in [6.45, 7) is 4.15. The summed E-state index contributed by atoms with van der Waals surface area (Å²) in [7, 11) is -3.67. The molecule has 1 unspecified atom stereocenters. The van der Waals surface area contributed by atoms with Gasteiger partial charge in [0.15, 0.2) is 5.82 Å². The van der Waals surface area contributed by atoms with Crippen molar-refractivity contribution in [3.8, 4) is 0 Å². The van der Waals surface area contributed by atoms with Crippen molar-refractivity contribution in [2.75, 3.05) is 32.0 Å². The van der Waals surface area contributed by atoms with E-state index in [2.05, 4.69) is 21.5 Å². The molecule has 4 aromatic rings. The number of halogens is 1. The van der Waals surface area contributed by atoms with Crippen LogP contribution in [0.2, 0.25) is 0 Å². The first kappa shape index (κ1) is 25.6. The number of nitrogens with two attached hydrogens (primary N) is 1. The minimum Gasteiger partial charge on any atom is -0.382 e. The highest BCUT2D eigenvalue weighted by Gasteiger charge is 2.29. The van der Waals surface area contributed by atoms with Gasteiger partial charge in [0, 0.05) is 25.1 Å². The van der Waals surface area contributed by atoms with Crippen LogP contribution in [0.5, 0.6) is 0 Å². The number of aromatic nitrogens is 3. The van der Waals surface area contributed by atoms with Crippen molar-refractivity contribution in [1.29, 1.82) is 0 Å². The standard InChI is InChI=1S/C27H32FN5O3S/c1-2-21(33-18-30-25-26(33)23-8-3-4-9-24(23)31-27(25)29)17-36-15-12-19-10-13-32(14-11-19)37(34,35)22-7-5-6-20(28)16-22/h3-9,16,18-19,21H,2,10-15,17H2,1H3,(H2,29,31). The summed E-state index contributed by atoms with van der Waals surface area (Å²) < 4.78 is 48.9. The molecular formula is C27H32FN5O3S. The molecule has 5 rings (SSSR count). The second-order valence-corrected chi connectivity index (χ2v) is 11.5. The Kier molecular flexibility index (Phi) is 7.41. The number of piperidine rings is 1. The van der Waals surface area contributed by atoms with Crippen molar-refractivity contribution in [2.24, 2.45) is 5.92 Å². The Morgan fingerprint density at radius 2 is 1.95 bits per heavy atom. The Bertz CT molecular complexity index is 1500. The maximum absolute atomic E-state index is 13.5. The molecule has 196 valence electrons. The molecule has 2 aromatic heterocycles. The average molecular weight is 526 g/mol. The number of anilines is 1. The third-order valence-corrected chi connectivity index (χ3v) is 9.18. The van der Waals surface area contributed by atoms with Gasteiger partial charge in [0.05, 0.1) is 34.9 Å². The smallest absolute Gasteiger partial charge is 0.243 e. The number of nitrogens with zero attached hydrogens (tertiary/aromatic N) is 4. The minimum absolute atomic E-state index is 0.0113. The first-order chi connectivity index (χ1) is 17.9. The van der Waals surface area contributed by atoms with Crippen LogP contribution in [0.3, 0.4) is 0 Å². The Balaban J connectivity index is 1.16. The van der Waals surface area contributed by atoms with E-state index in [0.717, 1.165) is 48.2 Å². The van der Waals surface area contributed by atoms with Crippen LogP contribution in [-0.2, 0) is 14.8 Å². The molecule has 3 heterocycles. The molecule has 1 aliphatic heterocycles. The fraction of sp³-hybridized carbons (Fsp3) is 0.407. The first-order valence-electron chi connectivity index (χ1n) is 12.7. The Labute approximate surface area is 216 Å². The maximum atomic E-state index is 13.5. The number of hydrogen-bond acceptors (Lipinski definition) is 6. The van der Waals surface area contributed by atoms with Crippen molar-refractivity contribution in [3.63, 3.8) is 0 Å². The van der Waals surface area contributed by atoms with E-state index in [4.69, 9.17) is 10.5 Å². The zero-order chi connectivity index (χ0) is 26.0. The van der Waals surface area contributed by atoms with Crippen LogP contribution < -0.4 is 5.73 Å². The van der Waals surface area contributed by atoms with Crippen molar-refractivity contribution in [1.82, 2.24) is 18.8 Å². The van der Waals surface area contributed by atoms with Crippen LogP contribution in [-0.4, -0.2) is 53.6 Å². The predicted octanol–water partition coefficient (Wildman–Crippen LogP) is 4.76. The lowest BCUT2D eigenvalue weighted by Crippen LogP contribution is -2.38. The van der Waals surface area contributed by atoms with Crippen LogP contribution in [0.1, 0.15) is 38.6 Å². The van der Waals surface area contributed by atoms with Crippen LogP contribution in [0, 0.1) is 11.7 Å². The van der Waals surface area contributed by atoms with Gasteiger partial charge < -0.3 is 15.0 Å². The molecule has 0 amide bonds. The second-order valence-electron chi connectivity index (χ2n) is 9.59. The van der Waals surface area contributed by atoms with Gasteiger partial charge in [-0.15, -0.1) is 0 Å². The van der Waals surface area contributed by atoms with Gasteiger partial charge in [0.25, 0.3) is 0 Å². The molecule has 1 saturated heterocycles. The summed E-state index contributed by atoms with van der Waals surface area (Å²) in [6, 6.07) is 13.2. The molecule has 0 bridgehead atoms. The quantitative estimate of drug-likeness (QED) is 0.316. The van der Waals surface area contributed by atoms with Gasteiger partial charge in [-0.25, -0.2) is 22.8 Å². The number of para-hydroxylation sites is 1. The highest BCUT2D eigenvalue weighted by molar-refractivity contribution is 7.89. The molecule has 2 N–H and O–H groups in total. The van der Waals surface area contributed by atoms with E-state index in [1.54, 1.807) is 0 Å². The third-order valence-electron chi connectivity index (χ3n) is 7.29. The predicted molar refractivity (Wildman–Crippen MR) is 142 cm³/mol. The zero-order valence-corrected chi connectivity index (χ0v) is 21.7. The lowest BCUT2D eigenvalue weighted by molar-refractivity contribution is 0.0847. The Hall–Kier alpha value is -3.08. The molecule has 1 aliphatic rings. The second kappa shape index (κ2) is 10.7. The number of benzene rings is 2. The molecule has 0 aliphatic carbocycles. The first-order valence-corrected chi connectivity index (χ1v) is 14.2. The number of rotatable bonds is 9. The fourth-order valence-corrected chi connectivity index (χ4v) is 6.63. The summed E-state index contributed by atoms with van der Waals surface area (Å²) in [5.74, 6) is 0.271. The Morgan fingerprint density at radius 3 is 2.70 bits per heavy atom. The van der Waals surface area contributed by atoms with Crippen LogP contribution >= 0.6 is 0 Å². The van der Waals surface area contributed by atoms with Gasteiger partial charge in [0.1, 0.15) is 11.3 Å². The van der Waals surface area contributed by atoms with E-state index in [1.807, 2.05) is 30.6 Å². The highest BCUT2D eigenvalue weighted by Crippen LogP contribution is 2.30. The summed E-state index contributed by atoms with van der Waals surface area (Å²) in [5.41, 5.74) is 8.71. The lowest BCUT2D eigenvalue weighted by Gasteiger charge is -2.31. The molecule has 8 nitrogen and oxygen atoms in total.